The van der Waals surface area contributed by atoms with E-state index >= 15 is 0 Å². The predicted octanol–water partition coefficient (Wildman–Crippen LogP) is -2.78. The van der Waals surface area contributed by atoms with Gasteiger partial charge in [0, 0.05) is 19.3 Å². The molecule has 1 aliphatic rings. The number of rotatable bonds is 10. The molecule has 1 aromatic rings. The molecule has 17 heteroatoms. The minimum Gasteiger partial charge on any atom is -0.469 e. The number of esters is 2. The molecule has 0 aliphatic carbocycles. The highest BCUT2D eigenvalue weighted by Crippen LogP contribution is 2.35. The van der Waals surface area contributed by atoms with Crippen LogP contribution in [0.5, 0.6) is 0 Å². The molecule has 0 saturated carbocycles. The van der Waals surface area contributed by atoms with Gasteiger partial charge in [-0.1, -0.05) is 0 Å². The number of methoxy groups -OCH3 is 2. The summed E-state index contributed by atoms with van der Waals surface area (Å²) in [5, 5.41) is 22.6. The highest BCUT2D eigenvalue weighted by molar-refractivity contribution is 7.50. The maximum absolute atomic E-state index is 11.7. The molecule has 34 heavy (non-hydrogen) atoms. The van der Waals surface area contributed by atoms with Crippen molar-refractivity contribution < 1.29 is 48.0 Å². The van der Waals surface area contributed by atoms with E-state index in [1.54, 1.807) is 0 Å². The second-order valence-corrected chi connectivity index (χ2v) is 8.24. The average molecular weight is 511 g/mol. The van der Waals surface area contributed by atoms with Gasteiger partial charge in [0.2, 0.25) is 0 Å². The number of aliphatic hydroxyl groups excluding tert-OH is 2. The molecule has 1 aromatic heterocycles. The highest BCUT2D eigenvalue weighted by atomic mass is 31.2. The van der Waals surface area contributed by atoms with Crippen LogP contribution in [0.15, 0.2) is 17.1 Å². The lowest BCUT2D eigenvalue weighted by Gasteiger charge is -2.17. The lowest BCUT2D eigenvalue weighted by Crippen LogP contribution is -2.36. The number of nitrogen functional groups attached to an aromatic ring is 1. The third-order valence-electron chi connectivity index (χ3n) is 4.35. The van der Waals surface area contributed by atoms with Crippen molar-refractivity contribution in [3.8, 4) is 0 Å². The van der Waals surface area contributed by atoms with E-state index in [9.17, 15) is 29.2 Å². The summed E-state index contributed by atoms with van der Waals surface area (Å²) < 4.78 is 30.3. The van der Waals surface area contributed by atoms with Crippen LogP contribution in [0.4, 0.5) is 5.82 Å². The van der Waals surface area contributed by atoms with Crippen molar-refractivity contribution in [1.29, 1.82) is 0 Å². The number of aliphatic hydroxyl groups is 2. The molecular formula is C17H30N5O11P. The molecule has 0 aromatic carbocycles. The standard InChI is InChI=1S/C9H15N4O7P.C8H15NO4/c10-5-1-2-13(9(16)12-5)8-7(15)6(14)4(20-8)3-19-21(11,17)18;1-12-7(10)3-5-9-6-4-8(11)13-2/h1-2,4,6-8,14-15H,3H2,(H2,10,12,16)(H3,11,17,18);9H,3-6H2,1-2H3/t4-,6-,7-,8-;/m1./s1. The Morgan fingerprint density at radius 1 is 1.21 bits per heavy atom. The number of carbonyl (C=O) groups is 2. The first kappa shape index (κ1) is 29.6. The topological polar surface area (TPSA) is 248 Å². The average Bonchev–Trinajstić information content (AvgIpc) is 3.05. The predicted molar refractivity (Wildman–Crippen MR) is 115 cm³/mol. The molecule has 1 saturated heterocycles. The fourth-order valence-electron chi connectivity index (χ4n) is 2.61. The fraction of sp³-hybridized carbons (Fsp3) is 0.647. The molecule has 1 fully saturated rings. The zero-order chi connectivity index (χ0) is 25.9. The summed E-state index contributed by atoms with van der Waals surface area (Å²) >= 11 is 0. The highest BCUT2D eigenvalue weighted by Gasteiger charge is 2.44. The van der Waals surface area contributed by atoms with Gasteiger partial charge in [-0.3, -0.25) is 18.7 Å². The lowest BCUT2D eigenvalue weighted by molar-refractivity contribution is -0.140. The van der Waals surface area contributed by atoms with Crippen LogP contribution in [0, 0.1) is 0 Å². The van der Waals surface area contributed by atoms with E-state index in [0.717, 1.165) is 4.57 Å². The van der Waals surface area contributed by atoms with Gasteiger partial charge in [-0.2, -0.15) is 4.98 Å². The summed E-state index contributed by atoms with van der Waals surface area (Å²) in [7, 11) is -1.55. The van der Waals surface area contributed by atoms with Gasteiger partial charge in [0.25, 0.3) is 0 Å². The Kier molecular flexibility index (Phi) is 12.3. The number of hydrogen-bond donors (Lipinski definition) is 6. The van der Waals surface area contributed by atoms with Gasteiger partial charge in [0.1, 0.15) is 24.1 Å². The van der Waals surface area contributed by atoms with Gasteiger partial charge < -0.3 is 40.4 Å². The van der Waals surface area contributed by atoms with E-state index in [-0.39, 0.29) is 17.8 Å². The molecule has 2 heterocycles. The van der Waals surface area contributed by atoms with Crippen LogP contribution in [0.2, 0.25) is 0 Å². The van der Waals surface area contributed by atoms with Crippen molar-refractivity contribution >= 4 is 25.5 Å². The van der Waals surface area contributed by atoms with Crippen LogP contribution in [0.3, 0.4) is 0 Å². The summed E-state index contributed by atoms with van der Waals surface area (Å²) in [6, 6.07) is 1.31. The van der Waals surface area contributed by atoms with Gasteiger partial charge in [-0.05, 0) is 6.07 Å². The van der Waals surface area contributed by atoms with Crippen LogP contribution in [-0.4, -0.2) is 88.8 Å². The SMILES string of the molecule is COC(=O)CCNCCC(=O)OC.Nc1ccn([C@@H]2O[C@H](COP(N)(=O)O)[C@@H](O)[C@H]2O)c(=O)n1. The summed E-state index contributed by atoms with van der Waals surface area (Å²) in [5.74, 6) is -0.523. The van der Waals surface area contributed by atoms with E-state index in [2.05, 4.69) is 24.3 Å². The number of carbonyl (C=O) groups excluding carboxylic acids is 2. The van der Waals surface area contributed by atoms with Gasteiger partial charge in [-0.15, -0.1) is 0 Å². The summed E-state index contributed by atoms with van der Waals surface area (Å²) in [5.41, 5.74) is 9.35. The summed E-state index contributed by atoms with van der Waals surface area (Å²) in [6.45, 7) is 0.503. The lowest BCUT2D eigenvalue weighted by atomic mass is 10.1. The second-order valence-electron chi connectivity index (χ2n) is 6.85. The summed E-state index contributed by atoms with van der Waals surface area (Å²) in [4.78, 5) is 45.2. The van der Waals surface area contributed by atoms with Crippen molar-refractivity contribution in [2.75, 3.05) is 39.6 Å². The number of ether oxygens (including phenoxy) is 3. The first-order valence-electron chi connectivity index (χ1n) is 9.86. The van der Waals surface area contributed by atoms with Crippen molar-refractivity contribution in [3.05, 3.63) is 22.7 Å². The van der Waals surface area contributed by atoms with Crippen LogP contribution >= 0.6 is 7.75 Å². The van der Waals surface area contributed by atoms with Crippen LogP contribution in [-0.2, 0) is 32.9 Å². The van der Waals surface area contributed by atoms with Gasteiger partial charge in [0.05, 0.1) is 33.7 Å². The molecular weight excluding hydrogens is 481 g/mol. The van der Waals surface area contributed by atoms with E-state index in [4.69, 9.17) is 20.9 Å². The molecule has 0 spiro atoms. The van der Waals surface area contributed by atoms with E-state index in [1.165, 1.54) is 26.5 Å². The Hall–Kier alpha value is -2.43. The second kappa shape index (κ2) is 14.1. The molecule has 1 unspecified atom stereocenters. The quantitative estimate of drug-likeness (QED) is 0.106. The zero-order valence-corrected chi connectivity index (χ0v) is 19.5. The van der Waals surface area contributed by atoms with Crippen molar-refractivity contribution in [2.45, 2.75) is 37.4 Å². The first-order chi connectivity index (χ1) is 15.9. The maximum atomic E-state index is 11.7. The molecule has 8 N–H and O–H groups in total. The van der Waals surface area contributed by atoms with Gasteiger partial charge in [0.15, 0.2) is 6.23 Å². The van der Waals surface area contributed by atoms with Crippen molar-refractivity contribution in [2.24, 2.45) is 5.50 Å². The number of nitrogens with one attached hydrogen (secondary N) is 1. The molecule has 0 amide bonds. The Morgan fingerprint density at radius 3 is 2.24 bits per heavy atom. The third kappa shape index (κ3) is 10.2. The third-order valence-corrected chi connectivity index (χ3v) is 4.87. The Bertz CT molecular complexity index is 890. The molecule has 16 nitrogen and oxygen atoms in total. The fourth-order valence-corrected chi connectivity index (χ4v) is 2.97. The largest absolute Gasteiger partial charge is 0.469 e. The minimum atomic E-state index is -4.24. The van der Waals surface area contributed by atoms with Crippen LogP contribution < -0.4 is 22.2 Å². The normalized spacial score (nSPS) is 23.4. The Labute approximate surface area is 194 Å². The number of anilines is 1. The number of hydrogen-bond acceptors (Lipinski definition) is 13. The van der Waals surface area contributed by atoms with Gasteiger partial charge >= 0.3 is 25.4 Å². The van der Waals surface area contributed by atoms with Crippen molar-refractivity contribution in [3.63, 3.8) is 0 Å². The zero-order valence-electron chi connectivity index (χ0n) is 18.6. The molecule has 5 atom stereocenters. The first-order valence-corrected chi connectivity index (χ1v) is 11.5. The summed E-state index contributed by atoms with van der Waals surface area (Å²) in [6.07, 6.45) is -3.39. The van der Waals surface area contributed by atoms with E-state index in [1.807, 2.05) is 0 Å². The van der Waals surface area contributed by atoms with Crippen LogP contribution in [0.25, 0.3) is 0 Å². The Balaban J connectivity index is 0.000000385. The molecule has 194 valence electrons. The van der Waals surface area contributed by atoms with Gasteiger partial charge in [-0.25, -0.2) is 14.9 Å². The molecule has 2 rings (SSSR count). The van der Waals surface area contributed by atoms with Crippen LogP contribution in [0.1, 0.15) is 19.1 Å². The minimum absolute atomic E-state index is 0.00600. The number of nitrogens with two attached hydrogens (primary N) is 2. The maximum Gasteiger partial charge on any atom is 0.400 e. The molecule has 1 aliphatic heterocycles. The number of nitrogens with zero attached hydrogens (tertiary/aromatic N) is 2. The molecule has 0 bridgehead atoms. The van der Waals surface area contributed by atoms with E-state index in [0.29, 0.717) is 25.9 Å². The van der Waals surface area contributed by atoms with E-state index < -0.39 is 44.6 Å². The Morgan fingerprint density at radius 2 is 1.76 bits per heavy atom. The monoisotopic (exact) mass is 511 g/mol. The smallest absolute Gasteiger partial charge is 0.400 e. The van der Waals surface area contributed by atoms with Crippen molar-refractivity contribution in [1.82, 2.24) is 14.9 Å². The number of aromatic nitrogens is 2. The molecule has 0 radical (unpaired) electrons.